The Labute approximate surface area is 122 Å². The monoisotopic (exact) mass is 278 g/mol. The number of aliphatic hydroxyl groups is 1. The summed E-state index contributed by atoms with van der Waals surface area (Å²) in [7, 11) is 6.06. The van der Waals surface area contributed by atoms with Gasteiger partial charge in [0, 0.05) is 13.1 Å². The Bertz CT molecular complexity index is 397. The first-order chi connectivity index (χ1) is 9.58. The molecule has 1 saturated heterocycles. The van der Waals surface area contributed by atoms with Crippen molar-refractivity contribution >= 4 is 0 Å². The molecule has 1 fully saturated rings. The fourth-order valence-electron chi connectivity index (χ4n) is 2.65. The third-order valence-corrected chi connectivity index (χ3v) is 4.04. The van der Waals surface area contributed by atoms with Gasteiger partial charge in [-0.1, -0.05) is 30.3 Å². The lowest BCUT2D eigenvalue weighted by molar-refractivity contribution is 0.0173. The largest absolute Gasteiger partial charge is 0.389 e. The van der Waals surface area contributed by atoms with Crippen LogP contribution in [0.15, 0.2) is 30.3 Å². The molecule has 0 aliphatic carbocycles. The van der Waals surface area contributed by atoms with E-state index in [1.807, 2.05) is 25.1 Å². The molecule has 0 bridgehead atoms. The van der Waals surface area contributed by atoms with Crippen LogP contribution >= 0.6 is 0 Å². The second-order valence-electron chi connectivity index (χ2n) is 5.89. The summed E-state index contributed by atoms with van der Waals surface area (Å²) in [5, 5.41) is 10.3. The normalized spacial score (nSPS) is 26.6. The molecule has 3 atom stereocenters. The minimum absolute atomic E-state index is 0.0804. The molecule has 3 unspecified atom stereocenters. The molecule has 4 heteroatoms. The molecule has 0 aromatic heterocycles. The van der Waals surface area contributed by atoms with Crippen molar-refractivity contribution in [2.24, 2.45) is 0 Å². The van der Waals surface area contributed by atoms with Gasteiger partial charge in [0.15, 0.2) is 0 Å². The van der Waals surface area contributed by atoms with Crippen molar-refractivity contribution < 1.29 is 9.84 Å². The van der Waals surface area contributed by atoms with Crippen LogP contribution in [-0.4, -0.2) is 74.0 Å². The van der Waals surface area contributed by atoms with E-state index in [9.17, 15) is 5.11 Å². The lowest BCUT2D eigenvalue weighted by Crippen LogP contribution is -2.43. The molecule has 112 valence electrons. The Kier molecular flexibility index (Phi) is 5.54. The van der Waals surface area contributed by atoms with Crippen molar-refractivity contribution in [3.05, 3.63) is 35.9 Å². The number of nitrogens with zero attached hydrogens (tertiary/aromatic N) is 2. The van der Waals surface area contributed by atoms with Crippen LogP contribution < -0.4 is 0 Å². The van der Waals surface area contributed by atoms with Gasteiger partial charge in [0.1, 0.15) is 0 Å². The fourth-order valence-corrected chi connectivity index (χ4v) is 2.65. The Morgan fingerprint density at radius 2 is 1.90 bits per heavy atom. The second-order valence-corrected chi connectivity index (χ2v) is 5.89. The molecule has 0 saturated carbocycles. The number of ether oxygens (including phenoxy) is 1. The van der Waals surface area contributed by atoms with E-state index in [-0.39, 0.29) is 12.1 Å². The van der Waals surface area contributed by atoms with E-state index < -0.39 is 6.10 Å². The smallest absolute Gasteiger partial charge is 0.0991 e. The first kappa shape index (κ1) is 15.4. The number of likely N-dealkylation sites (N-methyl/N-ethyl adjacent to an activating group) is 2. The maximum atomic E-state index is 10.3. The van der Waals surface area contributed by atoms with Gasteiger partial charge in [-0.2, -0.15) is 0 Å². The molecule has 2 rings (SSSR count). The second kappa shape index (κ2) is 7.18. The van der Waals surface area contributed by atoms with Crippen LogP contribution in [0.2, 0.25) is 0 Å². The van der Waals surface area contributed by atoms with Crippen molar-refractivity contribution in [2.45, 2.75) is 24.7 Å². The molecule has 0 radical (unpaired) electrons. The SMILES string of the molecule is CN(CCc1ccccc1)CC1OCC(N(C)C)C1O. The van der Waals surface area contributed by atoms with Gasteiger partial charge in [0.25, 0.3) is 0 Å². The molecule has 1 heterocycles. The molecular weight excluding hydrogens is 252 g/mol. The van der Waals surface area contributed by atoms with Gasteiger partial charge < -0.3 is 19.6 Å². The topological polar surface area (TPSA) is 35.9 Å². The van der Waals surface area contributed by atoms with Crippen LogP contribution in [0, 0.1) is 0 Å². The summed E-state index contributed by atoms with van der Waals surface area (Å²) in [6.07, 6.45) is 0.546. The zero-order valence-electron chi connectivity index (χ0n) is 12.7. The van der Waals surface area contributed by atoms with Crippen molar-refractivity contribution in [3.8, 4) is 0 Å². The third-order valence-electron chi connectivity index (χ3n) is 4.04. The maximum absolute atomic E-state index is 10.3. The van der Waals surface area contributed by atoms with E-state index in [2.05, 4.69) is 36.2 Å². The van der Waals surface area contributed by atoms with Crippen LogP contribution in [0.25, 0.3) is 0 Å². The van der Waals surface area contributed by atoms with E-state index in [0.717, 1.165) is 19.5 Å². The lowest BCUT2D eigenvalue weighted by atomic mass is 10.1. The van der Waals surface area contributed by atoms with Crippen LogP contribution in [0.5, 0.6) is 0 Å². The van der Waals surface area contributed by atoms with Crippen LogP contribution in [0.4, 0.5) is 0 Å². The van der Waals surface area contributed by atoms with Crippen LogP contribution in [0.3, 0.4) is 0 Å². The van der Waals surface area contributed by atoms with E-state index in [1.165, 1.54) is 5.56 Å². The summed E-state index contributed by atoms with van der Waals surface area (Å²) in [5.41, 5.74) is 1.35. The van der Waals surface area contributed by atoms with Gasteiger partial charge in [-0.3, -0.25) is 0 Å². The third kappa shape index (κ3) is 4.03. The summed E-state index contributed by atoms with van der Waals surface area (Å²) in [6.45, 7) is 2.37. The van der Waals surface area contributed by atoms with Crippen molar-refractivity contribution in [3.63, 3.8) is 0 Å². The highest BCUT2D eigenvalue weighted by Crippen LogP contribution is 2.18. The zero-order valence-corrected chi connectivity index (χ0v) is 12.7. The van der Waals surface area contributed by atoms with Gasteiger partial charge in [-0.15, -0.1) is 0 Å². The average Bonchev–Trinajstić information content (AvgIpc) is 2.79. The molecule has 0 spiro atoms. The highest BCUT2D eigenvalue weighted by Gasteiger charge is 2.37. The summed E-state index contributed by atoms with van der Waals surface area (Å²) < 4.78 is 5.73. The fraction of sp³-hybridized carbons (Fsp3) is 0.625. The van der Waals surface area contributed by atoms with Crippen molar-refractivity contribution in [2.75, 3.05) is 40.8 Å². The van der Waals surface area contributed by atoms with Crippen molar-refractivity contribution in [1.29, 1.82) is 0 Å². The number of aliphatic hydroxyl groups excluding tert-OH is 1. The van der Waals surface area contributed by atoms with Crippen LogP contribution in [0.1, 0.15) is 5.56 Å². The molecular formula is C16H26N2O2. The summed E-state index contributed by atoms with van der Waals surface area (Å²) in [5.74, 6) is 0. The quantitative estimate of drug-likeness (QED) is 0.837. The number of rotatable bonds is 6. The standard InChI is InChI=1S/C16H26N2O2/c1-17(2)14-12-20-15(16(14)19)11-18(3)10-9-13-7-5-4-6-8-13/h4-8,14-16,19H,9-12H2,1-3H3. The van der Waals surface area contributed by atoms with Crippen LogP contribution in [-0.2, 0) is 11.2 Å². The van der Waals surface area contributed by atoms with Gasteiger partial charge in [-0.05, 0) is 33.1 Å². The van der Waals surface area contributed by atoms with E-state index in [1.54, 1.807) is 0 Å². The number of hydrogen-bond donors (Lipinski definition) is 1. The van der Waals surface area contributed by atoms with E-state index in [4.69, 9.17) is 4.74 Å². The maximum Gasteiger partial charge on any atom is 0.0991 e. The average molecular weight is 278 g/mol. The van der Waals surface area contributed by atoms with Gasteiger partial charge in [0.2, 0.25) is 0 Å². The van der Waals surface area contributed by atoms with Crippen molar-refractivity contribution in [1.82, 2.24) is 9.80 Å². The molecule has 1 N–H and O–H groups in total. The first-order valence-electron chi connectivity index (χ1n) is 7.26. The summed E-state index contributed by atoms with van der Waals surface area (Å²) in [6, 6.07) is 10.6. The molecule has 1 aliphatic rings. The zero-order chi connectivity index (χ0) is 14.5. The Balaban J connectivity index is 1.76. The summed E-state index contributed by atoms with van der Waals surface area (Å²) in [4.78, 5) is 4.27. The van der Waals surface area contributed by atoms with Gasteiger partial charge in [0.05, 0.1) is 24.9 Å². The predicted octanol–water partition coefficient (Wildman–Crippen LogP) is 0.851. The predicted molar refractivity (Wildman–Crippen MR) is 80.9 cm³/mol. The van der Waals surface area contributed by atoms with E-state index in [0.29, 0.717) is 6.61 Å². The highest BCUT2D eigenvalue weighted by molar-refractivity contribution is 5.14. The lowest BCUT2D eigenvalue weighted by Gasteiger charge is -2.25. The molecule has 1 aliphatic heterocycles. The van der Waals surface area contributed by atoms with E-state index >= 15 is 0 Å². The Morgan fingerprint density at radius 3 is 2.50 bits per heavy atom. The summed E-state index contributed by atoms with van der Waals surface area (Å²) >= 11 is 0. The molecule has 20 heavy (non-hydrogen) atoms. The first-order valence-corrected chi connectivity index (χ1v) is 7.26. The van der Waals surface area contributed by atoms with Gasteiger partial charge in [-0.25, -0.2) is 0 Å². The van der Waals surface area contributed by atoms with Gasteiger partial charge >= 0.3 is 0 Å². The minimum atomic E-state index is -0.399. The Hall–Kier alpha value is -0.940. The molecule has 1 aromatic rings. The molecule has 1 aromatic carbocycles. The molecule has 4 nitrogen and oxygen atoms in total. The molecule has 0 amide bonds. The Morgan fingerprint density at radius 1 is 1.20 bits per heavy atom. The number of hydrogen-bond acceptors (Lipinski definition) is 4. The highest BCUT2D eigenvalue weighted by atomic mass is 16.5. The minimum Gasteiger partial charge on any atom is -0.389 e. The number of benzene rings is 1.